The summed E-state index contributed by atoms with van der Waals surface area (Å²) >= 11 is 0. The molecule has 1 aliphatic heterocycles. The molecule has 1 unspecified atom stereocenters. The first kappa shape index (κ1) is 48.4. The highest BCUT2D eigenvalue weighted by molar-refractivity contribution is 7.90. The highest BCUT2D eigenvalue weighted by atomic mass is 32.2. The van der Waals surface area contributed by atoms with Crippen LogP contribution in [0, 0.1) is 27.7 Å². The Morgan fingerprint density at radius 2 is 1.59 bits per heavy atom. The largest absolute Gasteiger partial charge is 0.487 e. The molecule has 1 aliphatic rings. The van der Waals surface area contributed by atoms with E-state index in [4.69, 9.17) is 9.57 Å². The number of rotatable bonds is 14. The first-order valence-electron chi connectivity index (χ1n) is 19.8. The molecule has 0 aliphatic carbocycles. The van der Waals surface area contributed by atoms with Crippen molar-refractivity contribution < 1.29 is 54.3 Å². The van der Waals surface area contributed by atoms with Crippen LogP contribution in [0.15, 0.2) is 68.8 Å². The lowest BCUT2D eigenvalue weighted by Gasteiger charge is -2.22. The van der Waals surface area contributed by atoms with Gasteiger partial charge in [-0.25, -0.2) is 28.1 Å². The molecule has 0 radical (unpaired) electrons. The molecule has 1 aromatic heterocycles. The number of nitrogens with zero attached hydrogens (tertiary/aromatic N) is 3. The number of hydrogen-bond acceptors (Lipinski definition) is 9. The quantitative estimate of drug-likeness (QED) is 0.0383. The Balaban J connectivity index is 1.27. The maximum Gasteiger partial charge on any atom is 0.435 e. The summed E-state index contributed by atoms with van der Waals surface area (Å²) in [6.07, 6.45) is -5.64. The number of sulfonamides is 2. The second-order valence-corrected chi connectivity index (χ2v) is 20.1. The SMILES string of the molecule is Cc1ccc(-c2cc(C(F)(F)F)nn2-c2ccc(S(=O)(=O)NC(=O)C(CCCCN/C(=N\S(=O)(=O)c3c(C)c(C)c4c(c3C)CC(C)(C)O4)NOC(C)(C)C)NC(=O)O)cc2)cc1. The Kier molecular flexibility index (Phi) is 14.0. The minimum atomic E-state index is -4.76. The molecule has 5 rings (SSSR count). The summed E-state index contributed by atoms with van der Waals surface area (Å²) in [5.74, 6) is -0.752. The van der Waals surface area contributed by atoms with Gasteiger partial charge in [0.25, 0.3) is 26.0 Å². The van der Waals surface area contributed by atoms with Gasteiger partial charge in [-0.05, 0) is 129 Å². The van der Waals surface area contributed by atoms with Gasteiger partial charge < -0.3 is 20.5 Å². The molecular formula is C42H52F3N7O9S2. The molecule has 16 nitrogen and oxygen atoms in total. The molecule has 63 heavy (non-hydrogen) atoms. The summed E-state index contributed by atoms with van der Waals surface area (Å²) in [4.78, 5) is 30.1. The number of halogens is 3. The predicted octanol–water partition coefficient (Wildman–Crippen LogP) is 6.77. The van der Waals surface area contributed by atoms with Gasteiger partial charge in [0.15, 0.2) is 5.69 Å². The zero-order valence-corrected chi connectivity index (χ0v) is 37.9. The summed E-state index contributed by atoms with van der Waals surface area (Å²) in [6.45, 7) is 16.1. The van der Waals surface area contributed by atoms with Crippen molar-refractivity contribution in [2.24, 2.45) is 4.40 Å². The van der Waals surface area contributed by atoms with Gasteiger partial charge in [0.2, 0.25) is 5.96 Å². The fraction of sp³-hybridized carbons (Fsp3) is 0.429. The van der Waals surface area contributed by atoms with Crippen LogP contribution < -0.4 is 25.6 Å². The zero-order chi connectivity index (χ0) is 46.9. The van der Waals surface area contributed by atoms with E-state index in [0.29, 0.717) is 34.4 Å². The van der Waals surface area contributed by atoms with Gasteiger partial charge in [0.1, 0.15) is 17.4 Å². The number of benzene rings is 3. The fourth-order valence-electron chi connectivity index (χ4n) is 6.86. The third-order valence-corrected chi connectivity index (χ3v) is 12.9. The molecule has 21 heteroatoms. The van der Waals surface area contributed by atoms with E-state index in [1.165, 1.54) is 12.1 Å². The predicted molar refractivity (Wildman–Crippen MR) is 229 cm³/mol. The van der Waals surface area contributed by atoms with E-state index < -0.39 is 66.1 Å². The van der Waals surface area contributed by atoms with E-state index in [1.807, 2.05) is 30.8 Å². The van der Waals surface area contributed by atoms with Gasteiger partial charge in [0, 0.05) is 24.1 Å². The maximum absolute atomic E-state index is 13.9. The fourth-order valence-corrected chi connectivity index (χ4v) is 9.36. The van der Waals surface area contributed by atoms with Crippen LogP contribution >= 0.6 is 0 Å². The third-order valence-electron chi connectivity index (χ3n) is 10.0. The third kappa shape index (κ3) is 11.9. The number of alkyl halides is 3. The summed E-state index contributed by atoms with van der Waals surface area (Å²) in [5.41, 5.74) is 4.14. The molecule has 5 N–H and O–H groups in total. The molecule has 0 fully saturated rings. The lowest BCUT2D eigenvalue weighted by atomic mass is 9.94. The zero-order valence-electron chi connectivity index (χ0n) is 36.3. The van der Waals surface area contributed by atoms with E-state index in [1.54, 1.807) is 65.8 Å². The Hall–Kier alpha value is -5.67. The number of aromatic nitrogens is 2. The summed E-state index contributed by atoms with van der Waals surface area (Å²) in [7, 11) is -8.93. The summed E-state index contributed by atoms with van der Waals surface area (Å²) in [5, 5.41) is 18.1. The highest BCUT2D eigenvalue weighted by Crippen LogP contribution is 2.44. The standard InChI is InChI=1S/C42H52F3N7O9S2/c1-24-13-15-28(16-14-24)33-22-34(42(43,44)45)48-52(33)29-17-19-30(20-18-29)62(56,57)50-37(53)32(47-39(54)55)12-10-11-21-46-38(49-61-40(5,6)7)51-63(58,59)36-26(3)25(2)35-31(27(36)4)23-41(8,9)60-35/h13-20,22,32,47H,10-12,21,23H2,1-9H3,(H,50,53)(H,54,55)(H2,46,49,51). The summed E-state index contributed by atoms with van der Waals surface area (Å²) < 4.78 is 109. The van der Waals surface area contributed by atoms with Crippen LogP contribution in [0.1, 0.15) is 87.4 Å². The number of fused-ring (bicyclic) bond motifs is 1. The molecule has 2 heterocycles. The number of unbranched alkanes of at least 4 members (excludes halogenated alkanes) is 1. The van der Waals surface area contributed by atoms with Gasteiger partial charge in [0.05, 0.1) is 26.8 Å². The topological polar surface area (TPSA) is 219 Å². The smallest absolute Gasteiger partial charge is 0.435 e. The van der Waals surface area contributed by atoms with Crippen molar-refractivity contribution >= 4 is 38.0 Å². The molecule has 0 saturated heterocycles. The lowest BCUT2D eigenvalue weighted by molar-refractivity contribution is -0.141. The van der Waals surface area contributed by atoms with Gasteiger partial charge in [-0.15, -0.1) is 4.40 Å². The van der Waals surface area contributed by atoms with E-state index in [2.05, 4.69) is 20.3 Å². The van der Waals surface area contributed by atoms with Gasteiger partial charge in [-0.1, -0.05) is 29.8 Å². The van der Waals surface area contributed by atoms with E-state index in [9.17, 15) is 44.7 Å². The van der Waals surface area contributed by atoms with Crippen molar-refractivity contribution in [3.05, 3.63) is 88.1 Å². The number of carbonyl (C=O) groups excluding carboxylic acids is 1. The average molecular weight is 920 g/mol. The van der Waals surface area contributed by atoms with E-state index in [-0.39, 0.29) is 48.0 Å². The summed E-state index contributed by atoms with van der Waals surface area (Å²) in [6, 6.07) is 10.6. The van der Waals surface area contributed by atoms with Crippen LogP contribution in [0.4, 0.5) is 18.0 Å². The van der Waals surface area contributed by atoms with E-state index >= 15 is 0 Å². The second-order valence-electron chi connectivity index (χ2n) is 16.9. The minimum Gasteiger partial charge on any atom is -0.487 e. The van der Waals surface area contributed by atoms with Crippen molar-refractivity contribution in [2.45, 2.75) is 121 Å². The molecule has 3 aromatic carbocycles. The van der Waals surface area contributed by atoms with Crippen LogP contribution in [0.2, 0.25) is 0 Å². The molecule has 2 amide bonds. The Morgan fingerprint density at radius 1 is 0.952 bits per heavy atom. The van der Waals surface area contributed by atoms with Gasteiger partial charge in [-0.2, -0.15) is 26.7 Å². The lowest BCUT2D eigenvalue weighted by Crippen LogP contribution is -2.48. The second kappa shape index (κ2) is 18.2. The normalized spacial score (nSPS) is 14.7. The molecule has 0 spiro atoms. The molecule has 0 bridgehead atoms. The maximum atomic E-state index is 13.9. The number of hydrogen-bond donors (Lipinski definition) is 5. The number of guanidine groups is 1. The van der Waals surface area contributed by atoms with Crippen LogP contribution in [-0.4, -0.2) is 73.5 Å². The van der Waals surface area contributed by atoms with Gasteiger partial charge in [-0.3, -0.25) is 9.63 Å². The molecular weight excluding hydrogens is 868 g/mol. The number of ether oxygens (including phenoxy) is 1. The van der Waals surface area contributed by atoms with Crippen LogP contribution in [-0.2, 0) is 42.3 Å². The number of hydroxylamine groups is 1. The van der Waals surface area contributed by atoms with Crippen LogP contribution in [0.25, 0.3) is 16.9 Å². The van der Waals surface area contributed by atoms with Crippen molar-refractivity contribution in [3.8, 4) is 22.7 Å². The molecule has 4 aromatic rings. The van der Waals surface area contributed by atoms with Crippen molar-refractivity contribution in [2.75, 3.05) is 6.54 Å². The molecule has 342 valence electrons. The van der Waals surface area contributed by atoms with Crippen molar-refractivity contribution in [1.29, 1.82) is 0 Å². The Morgan fingerprint density at radius 3 is 2.17 bits per heavy atom. The number of nitrogens with one attached hydrogen (secondary N) is 4. The monoisotopic (exact) mass is 919 g/mol. The molecule has 1 atom stereocenters. The van der Waals surface area contributed by atoms with Crippen LogP contribution in [0.3, 0.4) is 0 Å². The van der Waals surface area contributed by atoms with Crippen LogP contribution in [0.5, 0.6) is 5.75 Å². The highest BCUT2D eigenvalue weighted by Gasteiger charge is 2.38. The average Bonchev–Trinajstić information content (AvgIpc) is 3.77. The van der Waals surface area contributed by atoms with E-state index in [0.717, 1.165) is 34.0 Å². The number of carbonyl (C=O) groups is 2. The van der Waals surface area contributed by atoms with Gasteiger partial charge >= 0.3 is 12.3 Å². The van der Waals surface area contributed by atoms with Crippen molar-refractivity contribution in [1.82, 2.24) is 30.6 Å². The Bertz CT molecular complexity index is 2620. The Labute approximate surface area is 364 Å². The minimum absolute atomic E-state index is 0.0427. The number of amides is 2. The number of carboxylic acid groups (broad SMARTS) is 1. The molecule has 0 saturated carbocycles. The van der Waals surface area contributed by atoms with Crippen molar-refractivity contribution in [3.63, 3.8) is 0 Å². The first-order chi connectivity index (χ1) is 29.1. The first-order valence-corrected chi connectivity index (χ1v) is 22.8. The number of aryl methyl sites for hydroxylation is 1.